The molecule has 4 nitrogen and oxygen atoms in total. The third kappa shape index (κ3) is 2.70. The lowest BCUT2D eigenvalue weighted by molar-refractivity contribution is 0.0913. The highest BCUT2D eigenvalue weighted by Crippen LogP contribution is 2.28. The molecule has 0 bridgehead atoms. The van der Waals surface area contributed by atoms with E-state index in [1.807, 2.05) is 26.0 Å². The molecule has 0 saturated carbocycles. The molecule has 3 rings (SSSR count). The van der Waals surface area contributed by atoms with E-state index >= 15 is 0 Å². The van der Waals surface area contributed by atoms with Crippen LogP contribution in [0.3, 0.4) is 0 Å². The van der Waals surface area contributed by atoms with Gasteiger partial charge in [0, 0.05) is 28.4 Å². The average Bonchev–Trinajstić information content (AvgIpc) is 2.85. The molecule has 1 aromatic carbocycles. The van der Waals surface area contributed by atoms with Gasteiger partial charge in [-0.15, -0.1) is 0 Å². The Morgan fingerprint density at radius 2 is 2.00 bits per heavy atom. The number of hydrogen-bond donors (Lipinski definition) is 1. The fourth-order valence-electron chi connectivity index (χ4n) is 2.41. The summed E-state index contributed by atoms with van der Waals surface area (Å²) in [6, 6.07) is 8.93. The molecule has 112 valence electrons. The molecule has 22 heavy (non-hydrogen) atoms. The van der Waals surface area contributed by atoms with Crippen LogP contribution in [-0.4, -0.2) is 10.9 Å². The van der Waals surface area contributed by atoms with Crippen molar-refractivity contribution in [1.29, 1.82) is 0 Å². The molecule has 1 amide bonds. The number of furan rings is 1. The third-order valence-corrected chi connectivity index (χ3v) is 3.89. The highest BCUT2D eigenvalue weighted by molar-refractivity contribution is 6.31. The van der Waals surface area contributed by atoms with E-state index in [1.54, 1.807) is 30.6 Å². The minimum absolute atomic E-state index is 0.133. The zero-order valence-electron chi connectivity index (χ0n) is 12.3. The summed E-state index contributed by atoms with van der Waals surface area (Å²) >= 11 is 6.00. The van der Waals surface area contributed by atoms with Crippen molar-refractivity contribution in [2.45, 2.75) is 19.9 Å². The first-order valence-electron chi connectivity index (χ1n) is 6.95. The third-order valence-electron chi connectivity index (χ3n) is 3.66. The average molecular weight is 315 g/mol. The predicted molar refractivity (Wildman–Crippen MR) is 86.1 cm³/mol. The molecule has 2 aromatic heterocycles. The number of fused-ring (bicyclic) bond motifs is 1. The maximum absolute atomic E-state index is 12.5. The van der Waals surface area contributed by atoms with E-state index in [1.165, 1.54) is 0 Å². The first-order chi connectivity index (χ1) is 10.6. The molecule has 0 fully saturated rings. The number of nitrogens with one attached hydrogen (secondary N) is 1. The van der Waals surface area contributed by atoms with Crippen LogP contribution in [0.25, 0.3) is 11.0 Å². The summed E-state index contributed by atoms with van der Waals surface area (Å²) in [5.41, 5.74) is 2.43. The number of rotatable bonds is 3. The lowest BCUT2D eigenvalue weighted by atomic mass is 10.1. The van der Waals surface area contributed by atoms with Gasteiger partial charge in [-0.2, -0.15) is 0 Å². The van der Waals surface area contributed by atoms with Gasteiger partial charge in [0.2, 0.25) is 0 Å². The van der Waals surface area contributed by atoms with E-state index in [4.69, 9.17) is 16.0 Å². The van der Waals surface area contributed by atoms with Crippen LogP contribution in [0.5, 0.6) is 0 Å². The normalized spacial score (nSPS) is 12.3. The minimum atomic E-state index is -0.242. The highest BCUT2D eigenvalue weighted by Gasteiger charge is 2.19. The minimum Gasteiger partial charge on any atom is -0.451 e. The van der Waals surface area contributed by atoms with Crippen molar-refractivity contribution >= 4 is 28.5 Å². The zero-order valence-corrected chi connectivity index (χ0v) is 13.0. The summed E-state index contributed by atoms with van der Waals surface area (Å²) in [6.07, 6.45) is 3.40. The Labute approximate surface area is 133 Å². The van der Waals surface area contributed by atoms with Crippen molar-refractivity contribution in [1.82, 2.24) is 10.3 Å². The molecule has 0 spiro atoms. The topological polar surface area (TPSA) is 55.1 Å². The number of pyridine rings is 1. The van der Waals surface area contributed by atoms with Crippen molar-refractivity contribution in [2.75, 3.05) is 0 Å². The van der Waals surface area contributed by atoms with Gasteiger partial charge in [-0.05, 0) is 49.7 Å². The molecular formula is C17H15ClN2O2. The van der Waals surface area contributed by atoms with Gasteiger partial charge in [-0.3, -0.25) is 9.78 Å². The number of carbonyl (C=O) groups excluding carboxylic acids is 1. The van der Waals surface area contributed by atoms with Gasteiger partial charge in [-0.25, -0.2) is 0 Å². The number of nitrogens with zero attached hydrogens (tertiary/aromatic N) is 1. The summed E-state index contributed by atoms with van der Waals surface area (Å²) < 4.78 is 5.67. The van der Waals surface area contributed by atoms with E-state index in [0.29, 0.717) is 16.4 Å². The fraction of sp³-hybridized carbons (Fsp3) is 0.176. The lowest BCUT2D eigenvalue weighted by Crippen LogP contribution is -2.26. The molecule has 3 aromatic rings. The van der Waals surface area contributed by atoms with Crippen LogP contribution in [0, 0.1) is 6.92 Å². The van der Waals surface area contributed by atoms with Gasteiger partial charge in [0.25, 0.3) is 5.91 Å². The maximum Gasteiger partial charge on any atom is 0.287 e. The second-order valence-corrected chi connectivity index (χ2v) is 5.61. The van der Waals surface area contributed by atoms with Crippen LogP contribution in [0.1, 0.15) is 34.6 Å². The van der Waals surface area contributed by atoms with E-state index in [-0.39, 0.29) is 11.9 Å². The summed E-state index contributed by atoms with van der Waals surface area (Å²) in [5, 5.41) is 4.41. The molecule has 2 heterocycles. The fourth-order valence-corrected chi connectivity index (χ4v) is 2.58. The van der Waals surface area contributed by atoms with E-state index in [2.05, 4.69) is 10.3 Å². The van der Waals surface area contributed by atoms with E-state index < -0.39 is 0 Å². The zero-order chi connectivity index (χ0) is 15.7. The number of carbonyl (C=O) groups is 1. The largest absolute Gasteiger partial charge is 0.451 e. The summed E-state index contributed by atoms with van der Waals surface area (Å²) in [4.78, 5) is 16.4. The first kappa shape index (κ1) is 14.6. The molecule has 1 atom stereocenters. The number of aryl methyl sites for hydroxylation is 1. The summed E-state index contributed by atoms with van der Waals surface area (Å²) in [6.45, 7) is 3.77. The maximum atomic E-state index is 12.5. The van der Waals surface area contributed by atoms with Crippen LogP contribution in [-0.2, 0) is 0 Å². The predicted octanol–water partition coefficient (Wildman–Crippen LogP) is 4.28. The second kappa shape index (κ2) is 5.81. The van der Waals surface area contributed by atoms with Gasteiger partial charge in [0.15, 0.2) is 5.76 Å². The van der Waals surface area contributed by atoms with Crippen LogP contribution in [0.2, 0.25) is 5.02 Å². The van der Waals surface area contributed by atoms with E-state index in [9.17, 15) is 4.79 Å². The number of halogens is 1. The molecule has 5 heteroatoms. The number of hydrogen-bond acceptors (Lipinski definition) is 3. The quantitative estimate of drug-likeness (QED) is 0.785. The molecule has 0 saturated heterocycles. The van der Waals surface area contributed by atoms with E-state index in [0.717, 1.165) is 16.5 Å². The van der Waals surface area contributed by atoms with Gasteiger partial charge in [0.05, 0.1) is 6.04 Å². The van der Waals surface area contributed by atoms with Crippen molar-refractivity contribution in [2.24, 2.45) is 0 Å². The Balaban J connectivity index is 1.88. The second-order valence-electron chi connectivity index (χ2n) is 5.17. The summed E-state index contributed by atoms with van der Waals surface area (Å²) in [5.74, 6) is 0.0762. The van der Waals surface area contributed by atoms with Crippen molar-refractivity contribution < 1.29 is 9.21 Å². The number of aromatic nitrogens is 1. The molecule has 1 unspecified atom stereocenters. The highest BCUT2D eigenvalue weighted by atomic mass is 35.5. The molecule has 0 radical (unpaired) electrons. The first-order valence-corrected chi connectivity index (χ1v) is 7.33. The number of benzene rings is 1. The molecule has 0 aliphatic heterocycles. The van der Waals surface area contributed by atoms with Gasteiger partial charge in [-0.1, -0.05) is 11.6 Å². The van der Waals surface area contributed by atoms with Gasteiger partial charge < -0.3 is 9.73 Å². The Morgan fingerprint density at radius 1 is 1.27 bits per heavy atom. The molecular weight excluding hydrogens is 300 g/mol. The Bertz CT molecular complexity index is 827. The SMILES string of the molecule is Cc1c(C(=O)NC(C)c2ccncc2)oc2ccc(Cl)cc12. The standard InChI is InChI=1S/C17H15ClN2O2/c1-10-14-9-13(18)3-4-15(14)22-16(10)17(21)20-11(2)12-5-7-19-8-6-12/h3-9,11H,1-2H3,(H,20,21). The lowest BCUT2D eigenvalue weighted by Gasteiger charge is -2.13. The Hall–Kier alpha value is -2.33. The van der Waals surface area contributed by atoms with Crippen molar-refractivity contribution in [3.8, 4) is 0 Å². The van der Waals surface area contributed by atoms with Crippen LogP contribution >= 0.6 is 11.6 Å². The van der Waals surface area contributed by atoms with Crippen molar-refractivity contribution in [3.63, 3.8) is 0 Å². The number of amides is 1. The molecule has 0 aliphatic rings. The van der Waals surface area contributed by atoms with Crippen LogP contribution in [0.15, 0.2) is 47.1 Å². The van der Waals surface area contributed by atoms with Crippen molar-refractivity contribution in [3.05, 3.63) is 64.6 Å². The van der Waals surface area contributed by atoms with Crippen LogP contribution < -0.4 is 5.32 Å². The van der Waals surface area contributed by atoms with Crippen LogP contribution in [0.4, 0.5) is 0 Å². The van der Waals surface area contributed by atoms with Gasteiger partial charge >= 0.3 is 0 Å². The Morgan fingerprint density at radius 3 is 2.73 bits per heavy atom. The summed E-state index contributed by atoms with van der Waals surface area (Å²) in [7, 11) is 0. The smallest absolute Gasteiger partial charge is 0.287 e. The Kier molecular flexibility index (Phi) is 3.86. The monoisotopic (exact) mass is 314 g/mol. The molecule has 0 aliphatic carbocycles. The molecule has 1 N–H and O–H groups in total. The van der Waals surface area contributed by atoms with Gasteiger partial charge in [0.1, 0.15) is 5.58 Å².